The van der Waals surface area contributed by atoms with E-state index in [2.05, 4.69) is 93.7 Å². The number of nitrogens with one attached hydrogen (secondary N) is 1. The fraction of sp³-hybridized carbons (Fsp3) is 0.480. The molecule has 2 atom stereocenters. The molecule has 174 valence electrons. The number of hydrogen-bond acceptors (Lipinski definition) is 4. The maximum Gasteiger partial charge on any atom is 0.194 e. The van der Waals surface area contributed by atoms with Crippen molar-refractivity contribution in [3.63, 3.8) is 0 Å². The third kappa shape index (κ3) is 6.43. The van der Waals surface area contributed by atoms with Crippen molar-refractivity contribution in [3.8, 4) is 0 Å². The fourth-order valence-electron chi connectivity index (χ4n) is 4.66. The van der Waals surface area contributed by atoms with E-state index in [1.54, 1.807) is 0 Å². The van der Waals surface area contributed by atoms with Gasteiger partial charge in [0.25, 0.3) is 0 Å². The molecule has 0 aromatic heterocycles. The SMILES string of the molecule is CN=C(NCc1cccc(CN(C)C)c1)N1CC2OCCN(Cc3ccccc3)C2C1.I. The van der Waals surface area contributed by atoms with Gasteiger partial charge < -0.3 is 19.9 Å². The molecule has 1 N–H and O–H groups in total. The van der Waals surface area contributed by atoms with E-state index in [9.17, 15) is 0 Å². The van der Waals surface area contributed by atoms with Crippen LogP contribution in [0.3, 0.4) is 0 Å². The molecule has 4 rings (SSSR count). The van der Waals surface area contributed by atoms with Crippen molar-refractivity contribution >= 4 is 29.9 Å². The van der Waals surface area contributed by atoms with Crippen molar-refractivity contribution in [3.05, 3.63) is 71.3 Å². The summed E-state index contributed by atoms with van der Waals surface area (Å²) in [5, 5.41) is 3.57. The van der Waals surface area contributed by atoms with Crippen LogP contribution in [-0.2, 0) is 24.4 Å². The zero-order valence-electron chi connectivity index (χ0n) is 19.4. The molecule has 0 aliphatic carbocycles. The van der Waals surface area contributed by atoms with Gasteiger partial charge in [0.15, 0.2) is 5.96 Å². The summed E-state index contributed by atoms with van der Waals surface area (Å²) in [4.78, 5) is 11.7. The standard InChI is InChI=1S/C25H35N5O.HI/c1-26-25(27-15-21-10-7-11-22(14-21)16-28(2)3)30-18-23-24(19-30)31-13-12-29(23)17-20-8-5-4-6-9-20;/h4-11,14,23-24H,12-13,15-19H2,1-3H3,(H,26,27);1H. The number of morpholine rings is 1. The van der Waals surface area contributed by atoms with E-state index in [1.165, 1.54) is 16.7 Å². The maximum atomic E-state index is 6.14. The third-order valence-electron chi connectivity index (χ3n) is 6.10. The average Bonchev–Trinajstić information content (AvgIpc) is 3.20. The van der Waals surface area contributed by atoms with Gasteiger partial charge in [-0.05, 0) is 30.8 Å². The highest BCUT2D eigenvalue weighted by atomic mass is 127. The lowest BCUT2D eigenvalue weighted by Crippen LogP contribution is -2.50. The van der Waals surface area contributed by atoms with Crippen LogP contribution in [0.5, 0.6) is 0 Å². The van der Waals surface area contributed by atoms with Gasteiger partial charge in [-0.1, -0.05) is 54.6 Å². The summed E-state index contributed by atoms with van der Waals surface area (Å²) in [7, 11) is 6.07. The van der Waals surface area contributed by atoms with Crippen LogP contribution in [0.1, 0.15) is 16.7 Å². The van der Waals surface area contributed by atoms with E-state index in [-0.39, 0.29) is 30.1 Å². The van der Waals surface area contributed by atoms with Crippen molar-refractivity contribution in [1.29, 1.82) is 0 Å². The van der Waals surface area contributed by atoms with Gasteiger partial charge in [-0.25, -0.2) is 0 Å². The first-order valence-electron chi connectivity index (χ1n) is 11.2. The molecule has 2 saturated heterocycles. The topological polar surface area (TPSA) is 43.3 Å². The first-order valence-corrected chi connectivity index (χ1v) is 11.2. The molecule has 7 heteroatoms. The molecule has 0 saturated carbocycles. The van der Waals surface area contributed by atoms with E-state index in [4.69, 9.17) is 4.74 Å². The molecule has 2 fully saturated rings. The zero-order valence-corrected chi connectivity index (χ0v) is 21.7. The normalized spacial score (nSPS) is 21.4. The molecule has 2 aliphatic rings. The van der Waals surface area contributed by atoms with Crippen LogP contribution in [0.2, 0.25) is 0 Å². The Balaban J connectivity index is 0.00000289. The minimum absolute atomic E-state index is 0. The van der Waals surface area contributed by atoms with Crippen molar-refractivity contribution in [2.45, 2.75) is 31.8 Å². The van der Waals surface area contributed by atoms with Gasteiger partial charge in [0.2, 0.25) is 0 Å². The second-order valence-corrected chi connectivity index (χ2v) is 8.80. The number of halogens is 1. The Morgan fingerprint density at radius 1 is 1.06 bits per heavy atom. The van der Waals surface area contributed by atoms with Crippen LogP contribution in [0.4, 0.5) is 0 Å². The summed E-state index contributed by atoms with van der Waals surface area (Å²) in [6.45, 7) is 6.31. The molecule has 0 radical (unpaired) electrons. The lowest BCUT2D eigenvalue weighted by molar-refractivity contribution is -0.0502. The second kappa shape index (κ2) is 12.0. The maximum absolute atomic E-state index is 6.14. The van der Waals surface area contributed by atoms with Crippen molar-refractivity contribution in [2.24, 2.45) is 4.99 Å². The summed E-state index contributed by atoms with van der Waals surface area (Å²) in [5.74, 6) is 0.954. The minimum atomic E-state index is 0. The van der Waals surface area contributed by atoms with Crippen LogP contribution in [0, 0.1) is 0 Å². The molecule has 0 bridgehead atoms. The van der Waals surface area contributed by atoms with E-state index in [0.717, 1.165) is 51.8 Å². The predicted molar refractivity (Wildman–Crippen MR) is 141 cm³/mol. The van der Waals surface area contributed by atoms with Gasteiger partial charge in [0.05, 0.1) is 18.8 Å². The largest absolute Gasteiger partial charge is 0.373 e. The summed E-state index contributed by atoms with van der Waals surface area (Å²) in [6, 6.07) is 19.9. The highest BCUT2D eigenvalue weighted by Gasteiger charge is 2.41. The quantitative estimate of drug-likeness (QED) is 0.341. The molecule has 2 aromatic carbocycles. The van der Waals surface area contributed by atoms with E-state index in [1.807, 2.05) is 7.05 Å². The lowest BCUT2D eigenvalue weighted by atomic mass is 10.1. The molecule has 0 amide bonds. The Morgan fingerprint density at radius 2 is 1.81 bits per heavy atom. The average molecular weight is 550 g/mol. The Labute approximate surface area is 209 Å². The number of hydrogen-bond donors (Lipinski definition) is 1. The summed E-state index contributed by atoms with van der Waals surface area (Å²) >= 11 is 0. The second-order valence-electron chi connectivity index (χ2n) is 8.80. The van der Waals surface area contributed by atoms with Crippen LogP contribution < -0.4 is 5.32 Å². The Morgan fingerprint density at radius 3 is 2.56 bits per heavy atom. The molecule has 32 heavy (non-hydrogen) atoms. The van der Waals surface area contributed by atoms with Crippen LogP contribution >= 0.6 is 24.0 Å². The van der Waals surface area contributed by atoms with Crippen LogP contribution in [0.15, 0.2) is 59.6 Å². The number of aliphatic imine (C=N–C) groups is 1. The van der Waals surface area contributed by atoms with Gasteiger partial charge >= 0.3 is 0 Å². The van der Waals surface area contributed by atoms with Gasteiger partial charge in [0, 0.05) is 46.3 Å². The molecule has 0 spiro atoms. The van der Waals surface area contributed by atoms with Gasteiger partial charge in [-0.2, -0.15) is 0 Å². The highest BCUT2D eigenvalue weighted by molar-refractivity contribution is 14.0. The number of benzene rings is 2. The highest BCUT2D eigenvalue weighted by Crippen LogP contribution is 2.24. The number of guanidine groups is 1. The molecule has 2 unspecified atom stereocenters. The zero-order chi connectivity index (χ0) is 21.6. The first-order chi connectivity index (χ1) is 15.1. The van der Waals surface area contributed by atoms with Crippen molar-refractivity contribution in [2.75, 3.05) is 47.4 Å². The van der Waals surface area contributed by atoms with Gasteiger partial charge in [-0.15, -0.1) is 24.0 Å². The Bertz CT molecular complexity index is 876. The molecular weight excluding hydrogens is 513 g/mol. The van der Waals surface area contributed by atoms with Crippen molar-refractivity contribution in [1.82, 2.24) is 20.0 Å². The Hall–Kier alpha value is -1.68. The fourth-order valence-corrected chi connectivity index (χ4v) is 4.66. The van der Waals surface area contributed by atoms with E-state index in [0.29, 0.717) is 6.04 Å². The summed E-state index contributed by atoms with van der Waals surface area (Å²) < 4.78 is 6.14. The van der Waals surface area contributed by atoms with Gasteiger partial charge in [0.1, 0.15) is 0 Å². The number of likely N-dealkylation sites (tertiary alicyclic amines) is 1. The van der Waals surface area contributed by atoms with Crippen molar-refractivity contribution < 1.29 is 4.74 Å². The number of ether oxygens (including phenoxy) is 1. The number of rotatable bonds is 6. The number of fused-ring (bicyclic) bond motifs is 1. The van der Waals surface area contributed by atoms with E-state index < -0.39 is 0 Å². The smallest absolute Gasteiger partial charge is 0.194 e. The monoisotopic (exact) mass is 549 g/mol. The molecule has 2 heterocycles. The van der Waals surface area contributed by atoms with Crippen LogP contribution in [0.25, 0.3) is 0 Å². The predicted octanol–water partition coefficient (Wildman–Crippen LogP) is 3.03. The number of nitrogens with zero attached hydrogens (tertiary/aromatic N) is 4. The molecular formula is C25H36IN5O. The molecule has 2 aliphatic heterocycles. The molecule has 6 nitrogen and oxygen atoms in total. The van der Waals surface area contributed by atoms with Crippen LogP contribution in [-0.4, -0.2) is 80.2 Å². The third-order valence-corrected chi connectivity index (χ3v) is 6.10. The first kappa shape index (κ1) is 25.0. The Kier molecular flexibility index (Phi) is 9.34. The lowest BCUT2D eigenvalue weighted by Gasteiger charge is -2.36. The molecule has 2 aromatic rings. The minimum Gasteiger partial charge on any atom is -0.373 e. The van der Waals surface area contributed by atoms with Gasteiger partial charge in [-0.3, -0.25) is 9.89 Å². The van der Waals surface area contributed by atoms with E-state index >= 15 is 0 Å². The summed E-state index contributed by atoms with van der Waals surface area (Å²) in [5.41, 5.74) is 3.97. The summed E-state index contributed by atoms with van der Waals surface area (Å²) in [6.07, 6.45) is 0.236.